The van der Waals surface area contributed by atoms with E-state index < -0.39 is 0 Å². The number of hydrogen-bond donors (Lipinski definition) is 4. The molecule has 9 nitrogen and oxygen atoms in total. The van der Waals surface area contributed by atoms with Gasteiger partial charge in [0, 0.05) is 51.8 Å². The highest BCUT2D eigenvalue weighted by Crippen LogP contribution is 2.25. The number of hydrogen-bond acceptors (Lipinski definition) is 6. The molecule has 2 saturated heterocycles. The summed E-state index contributed by atoms with van der Waals surface area (Å²) in [4.78, 5) is 27.0. The Morgan fingerprint density at radius 2 is 2.03 bits per heavy atom. The van der Waals surface area contributed by atoms with Gasteiger partial charge in [-0.2, -0.15) is 0 Å². The topological polar surface area (TPSA) is 104 Å². The van der Waals surface area contributed by atoms with Crippen LogP contribution in [0.2, 0.25) is 0 Å². The SMILES string of the molecule is COCCNC(=S)N[C@H]1C[C@H]2C(=O)NC[C@@H](CCC(=O)NCc3ccc(OC)cc3)N2C1. The molecule has 1 aromatic carbocycles. The highest BCUT2D eigenvalue weighted by atomic mass is 32.1. The molecule has 3 rings (SSSR count). The zero-order valence-corrected chi connectivity index (χ0v) is 19.5. The number of piperazine rings is 1. The number of nitrogens with zero attached hydrogens (tertiary/aromatic N) is 1. The number of carbonyl (C=O) groups excluding carboxylic acids is 2. The third-order valence-electron chi connectivity index (χ3n) is 5.90. The van der Waals surface area contributed by atoms with E-state index in [1.807, 2.05) is 24.3 Å². The minimum atomic E-state index is -0.185. The van der Waals surface area contributed by atoms with E-state index in [9.17, 15) is 9.59 Å². The molecular weight excluding hydrogens is 430 g/mol. The molecule has 2 fully saturated rings. The number of nitrogens with one attached hydrogen (secondary N) is 4. The van der Waals surface area contributed by atoms with Crippen LogP contribution in [0.3, 0.4) is 0 Å². The smallest absolute Gasteiger partial charge is 0.237 e. The van der Waals surface area contributed by atoms with E-state index in [4.69, 9.17) is 21.7 Å². The molecule has 0 saturated carbocycles. The van der Waals surface area contributed by atoms with Gasteiger partial charge in [0.15, 0.2) is 5.11 Å². The van der Waals surface area contributed by atoms with Crippen molar-refractivity contribution in [3.05, 3.63) is 29.8 Å². The zero-order chi connectivity index (χ0) is 22.9. The zero-order valence-electron chi connectivity index (χ0n) is 18.7. The molecule has 10 heteroatoms. The second-order valence-corrected chi connectivity index (χ2v) is 8.51. The van der Waals surface area contributed by atoms with E-state index in [-0.39, 0.29) is 29.9 Å². The normalized spacial score (nSPS) is 22.6. The minimum absolute atomic E-state index is 0.00617. The molecule has 32 heavy (non-hydrogen) atoms. The first-order chi connectivity index (χ1) is 15.5. The number of thiocarbonyl (C=S) groups is 1. The Morgan fingerprint density at radius 3 is 2.75 bits per heavy atom. The molecule has 2 aliphatic heterocycles. The van der Waals surface area contributed by atoms with Gasteiger partial charge in [-0.25, -0.2) is 0 Å². The van der Waals surface area contributed by atoms with Crippen molar-refractivity contribution in [1.29, 1.82) is 0 Å². The monoisotopic (exact) mass is 463 g/mol. The van der Waals surface area contributed by atoms with Crippen LogP contribution in [-0.4, -0.2) is 80.4 Å². The molecule has 0 bridgehead atoms. The van der Waals surface area contributed by atoms with E-state index in [0.29, 0.717) is 50.6 Å². The average molecular weight is 464 g/mol. The molecule has 0 spiro atoms. The fraction of sp³-hybridized carbons (Fsp3) is 0.591. The molecule has 176 valence electrons. The van der Waals surface area contributed by atoms with Crippen LogP contribution in [-0.2, 0) is 20.9 Å². The molecule has 0 unspecified atom stereocenters. The second-order valence-electron chi connectivity index (χ2n) is 8.10. The minimum Gasteiger partial charge on any atom is -0.497 e. The van der Waals surface area contributed by atoms with Crippen molar-refractivity contribution >= 4 is 29.1 Å². The highest BCUT2D eigenvalue weighted by Gasteiger charge is 2.43. The summed E-state index contributed by atoms with van der Waals surface area (Å²) >= 11 is 5.34. The highest BCUT2D eigenvalue weighted by molar-refractivity contribution is 7.80. The van der Waals surface area contributed by atoms with Gasteiger partial charge in [-0.05, 0) is 42.8 Å². The van der Waals surface area contributed by atoms with Gasteiger partial charge in [0.2, 0.25) is 11.8 Å². The Hall–Kier alpha value is -2.43. The molecular formula is C22H33N5O4S. The van der Waals surface area contributed by atoms with E-state index in [1.54, 1.807) is 14.2 Å². The van der Waals surface area contributed by atoms with Gasteiger partial charge in [0.1, 0.15) is 5.75 Å². The fourth-order valence-electron chi connectivity index (χ4n) is 4.18. The van der Waals surface area contributed by atoms with Crippen LogP contribution >= 0.6 is 12.2 Å². The summed E-state index contributed by atoms with van der Waals surface area (Å²) < 4.78 is 10.2. The molecule has 2 heterocycles. The molecule has 4 N–H and O–H groups in total. The second kappa shape index (κ2) is 12.0. The van der Waals surface area contributed by atoms with E-state index >= 15 is 0 Å². The van der Waals surface area contributed by atoms with Crippen molar-refractivity contribution in [2.45, 2.75) is 43.9 Å². The first-order valence-electron chi connectivity index (χ1n) is 11.0. The van der Waals surface area contributed by atoms with Crippen LogP contribution in [0.15, 0.2) is 24.3 Å². The number of ether oxygens (including phenoxy) is 2. The van der Waals surface area contributed by atoms with Gasteiger partial charge in [-0.1, -0.05) is 12.1 Å². The van der Waals surface area contributed by atoms with Gasteiger partial charge < -0.3 is 30.7 Å². The standard InChI is InChI=1S/C22H33N5O4S/c1-30-10-9-23-22(32)26-16-11-19-21(29)25-13-17(27(19)14-16)5-8-20(28)24-12-15-3-6-18(31-2)7-4-15/h3-4,6-7,16-17,19H,5,8-14H2,1-2H3,(H,24,28)(H,25,29)(H2,23,26,32)/t16-,17+,19-/m0/s1. The number of rotatable bonds is 10. The summed E-state index contributed by atoms with van der Waals surface area (Å²) in [6.45, 7) is 2.98. The Balaban J connectivity index is 1.44. The lowest BCUT2D eigenvalue weighted by Crippen LogP contribution is -2.58. The summed E-state index contributed by atoms with van der Waals surface area (Å²) in [6, 6.07) is 7.67. The predicted octanol–water partition coefficient (Wildman–Crippen LogP) is 0.143. The van der Waals surface area contributed by atoms with Crippen molar-refractivity contribution in [1.82, 2.24) is 26.2 Å². The number of methoxy groups -OCH3 is 2. The lowest BCUT2D eigenvalue weighted by atomic mass is 10.0. The van der Waals surface area contributed by atoms with Crippen LogP contribution in [0.1, 0.15) is 24.8 Å². The summed E-state index contributed by atoms with van der Waals surface area (Å²) in [7, 11) is 3.27. The largest absolute Gasteiger partial charge is 0.497 e. The van der Waals surface area contributed by atoms with Crippen molar-refractivity contribution in [3.8, 4) is 5.75 Å². The Bertz CT molecular complexity index is 791. The van der Waals surface area contributed by atoms with E-state index in [0.717, 1.165) is 17.9 Å². The Labute approximate surface area is 194 Å². The van der Waals surface area contributed by atoms with Crippen LogP contribution in [0.5, 0.6) is 5.75 Å². The quantitative estimate of drug-likeness (QED) is 0.287. The van der Waals surface area contributed by atoms with Gasteiger partial charge in [0.05, 0.1) is 19.8 Å². The number of benzene rings is 1. The number of carbonyl (C=O) groups is 2. The van der Waals surface area contributed by atoms with Gasteiger partial charge in [-0.3, -0.25) is 14.5 Å². The molecule has 0 aromatic heterocycles. The lowest BCUT2D eigenvalue weighted by Gasteiger charge is -2.37. The predicted molar refractivity (Wildman–Crippen MR) is 125 cm³/mol. The maximum Gasteiger partial charge on any atom is 0.237 e. The summed E-state index contributed by atoms with van der Waals surface area (Å²) in [5.41, 5.74) is 1.02. The van der Waals surface area contributed by atoms with Gasteiger partial charge in [0.25, 0.3) is 0 Å². The van der Waals surface area contributed by atoms with Gasteiger partial charge >= 0.3 is 0 Å². The molecule has 0 aliphatic carbocycles. The molecule has 0 radical (unpaired) electrons. The van der Waals surface area contributed by atoms with Crippen LogP contribution in [0, 0.1) is 0 Å². The van der Waals surface area contributed by atoms with E-state index in [1.165, 1.54) is 0 Å². The van der Waals surface area contributed by atoms with Crippen molar-refractivity contribution < 1.29 is 19.1 Å². The van der Waals surface area contributed by atoms with E-state index in [2.05, 4.69) is 26.2 Å². The Kier molecular flexibility index (Phi) is 9.07. The summed E-state index contributed by atoms with van der Waals surface area (Å²) in [6.07, 6.45) is 1.79. The molecule has 1 aromatic rings. The molecule has 2 aliphatic rings. The first-order valence-corrected chi connectivity index (χ1v) is 11.4. The van der Waals surface area contributed by atoms with Crippen LogP contribution < -0.4 is 26.0 Å². The lowest BCUT2D eigenvalue weighted by molar-refractivity contribution is -0.129. The maximum absolute atomic E-state index is 12.4. The maximum atomic E-state index is 12.4. The summed E-state index contributed by atoms with van der Waals surface area (Å²) in [5.74, 6) is 0.846. The third kappa shape index (κ3) is 6.78. The van der Waals surface area contributed by atoms with Crippen LogP contribution in [0.25, 0.3) is 0 Å². The van der Waals surface area contributed by atoms with Crippen molar-refractivity contribution in [2.75, 3.05) is 40.5 Å². The fourth-order valence-corrected chi connectivity index (χ4v) is 4.45. The third-order valence-corrected chi connectivity index (χ3v) is 6.17. The number of amides is 2. The average Bonchev–Trinajstić information content (AvgIpc) is 3.22. The Morgan fingerprint density at radius 1 is 1.25 bits per heavy atom. The van der Waals surface area contributed by atoms with Gasteiger partial charge in [-0.15, -0.1) is 0 Å². The van der Waals surface area contributed by atoms with Crippen molar-refractivity contribution in [2.24, 2.45) is 0 Å². The van der Waals surface area contributed by atoms with Crippen LogP contribution in [0.4, 0.5) is 0 Å². The number of fused-ring (bicyclic) bond motifs is 1. The molecule has 2 amide bonds. The van der Waals surface area contributed by atoms with Crippen molar-refractivity contribution in [3.63, 3.8) is 0 Å². The first kappa shape index (κ1) is 24.2. The summed E-state index contributed by atoms with van der Waals surface area (Å²) in [5, 5.41) is 12.9. The molecule has 3 atom stereocenters.